The lowest BCUT2D eigenvalue weighted by atomic mass is 9.83. The molecular weight excluding hydrogens is 276 g/mol. The van der Waals surface area contributed by atoms with Crippen LogP contribution in [0.1, 0.15) is 44.7 Å². The Kier molecular flexibility index (Phi) is 4.99. The Morgan fingerprint density at radius 3 is 2.94 bits per heavy atom. The van der Waals surface area contributed by atoms with Crippen LogP contribution < -0.4 is 5.32 Å². The Labute approximate surface area is 112 Å². The summed E-state index contributed by atoms with van der Waals surface area (Å²) in [6.07, 6.45) is 6.79. The molecule has 1 fully saturated rings. The van der Waals surface area contributed by atoms with E-state index >= 15 is 0 Å². The van der Waals surface area contributed by atoms with E-state index in [1.54, 1.807) is 0 Å². The molecule has 94 valence electrons. The third-order valence-corrected chi connectivity index (χ3v) is 4.19. The summed E-state index contributed by atoms with van der Waals surface area (Å²) in [4.78, 5) is 4.46. The minimum absolute atomic E-state index is 0.689. The Morgan fingerprint density at radius 1 is 1.35 bits per heavy atom. The maximum Gasteiger partial charge on any atom is 0.106 e. The first-order valence-corrected chi connectivity index (χ1v) is 7.43. The second-order valence-corrected chi connectivity index (χ2v) is 5.70. The van der Waals surface area contributed by atoms with E-state index < -0.39 is 0 Å². The highest BCUT2D eigenvalue weighted by molar-refractivity contribution is 9.10. The van der Waals surface area contributed by atoms with Crippen LogP contribution in [0.15, 0.2) is 22.8 Å². The van der Waals surface area contributed by atoms with Gasteiger partial charge in [-0.05, 0) is 46.8 Å². The lowest BCUT2D eigenvalue weighted by molar-refractivity contribution is 0.254. The van der Waals surface area contributed by atoms with Crippen LogP contribution >= 0.6 is 15.9 Å². The molecule has 17 heavy (non-hydrogen) atoms. The van der Waals surface area contributed by atoms with Crippen LogP contribution in [0.4, 0.5) is 0 Å². The fourth-order valence-electron chi connectivity index (χ4n) is 2.75. The van der Waals surface area contributed by atoms with Gasteiger partial charge < -0.3 is 5.32 Å². The maximum atomic E-state index is 4.46. The number of halogens is 1. The van der Waals surface area contributed by atoms with Crippen LogP contribution in [0, 0.1) is 5.92 Å². The summed E-state index contributed by atoms with van der Waals surface area (Å²) in [7, 11) is 0. The summed E-state index contributed by atoms with van der Waals surface area (Å²) in [5.74, 6) is 0.857. The van der Waals surface area contributed by atoms with Gasteiger partial charge in [-0.2, -0.15) is 0 Å². The molecule has 1 aromatic rings. The summed E-state index contributed by atoms with van der Waals surface area (Å²) >= 11 is 3.41. The highest BCUT2D eigenvalue weighted by Gasteiger charge is 2.22. The lowest BCUT2D eigenvalue weighted by Gasteiger charge is -2.31. The Bertz CT molecular complexity index is 354. The molecular formula is C14H21BrN2. The molecule has 2 rings (SSSR count). The van der Waals surface area contributed by atoms with E-state index in [0.717, 1.165) is 22.8 Å². The lowest BCUT2D eigenvalue weighted by Crippen LogP contribution is -2.38. The van der Waals surface area contributed by atoms with E-state index in [4.69, 9.17) is 0 Å². The van der Waals surface area contributed by atoms with Crippen molar-refractivity contribution >= 4 is 15.9 Å². The average molecular weight is 297 g/mol. The molecule has 2 atom stereocenters. The number of hydrogen-bond acceptors (Lipinski definition) is 2. The second-order valence-electron chi connectivity index (χ2n) is 4.89. The third kappa shape index (κ3) is 3.78. The molecule has 0 aromatic carbocycles. The first kappa shape index (κ1) is 13.0. The minimum Gasteiger partial charge on any atom is -0.308 e. The monoisotopic (exact) mass is 296 g/mol. The second kappa shape index (κ2) is 6.50. The third-order valence-electron chi connectivity index (χ3n) is 3.75. The van der Waals surface area contributed by atoms with Crippen LogP contribution in [-0.4, -0.2) is 11.0 Å². The summed E-state index contributed by atoms with van der Waals surface area (Å²) in [6, 6.07) is 6.79. The van der Waals surface area contributed by atoms with Crippen molar-refractivity contribution in [3.05, 3.63) is 28.5 Å². The molecule has 0 spiro atoms. The van der Waals surface area contributed by atoms with E-state index in [2.05, 4.69) is 39.2 Å². The topological polar surface area (TPSA) is 24.9 Å². The van der Waals surface area contributed by atoms with Gasteiger partial charge >= 0.3 is 0 Å². The van der Waals surface area contributed by atoms with Crippen molar-refractivity contribution in [1.29, 1.82) is 0 Å². The SMILES string of the molecule is CCC1CCCCC1NCc1cccc(Br)n1. The molecule has 0 saturated heterocycles. The van der Waals surface area contributed by atoms with Crippen molar-refractivity contribution < 1.29 is 0 Å². The number of nitrogens with zero attached hydrogens (tertiary/aromatic N) is 1. The summed E-state index contributed by atoms with van der Waals surface area (Å²) in [5.41, 5.74) is 1.12. The van der Waals surface area contributed by atoms with Gasteiger partial charge in [-0.15, -0.1) is 0 Å². The Balaban J connectivity index is 1.88. The van der Waals surface area contributed by atoms with Crippen LogP contribution in [0.2, 0.25) is 0 Å². The van der Waals surface area contributed by atoms with Gasteiger partial charge in [0.25, 0.3) is 0 Å². The van der Waals surface area contributed by atoms with Gasteiger partial charge in [0.05, 0.1) is 5.69 Å². The van der Waals surface area contributed by atoms with Gasteiger partial charge in [-0.1, -0.05) is 32.3 Å². The highest BCUT2D eigenvalue weighted by atomic mass is 79.9. The predicted molar refractivity (Wildman–Crippen MR) is 74.8 cm³/mol. The van der Waals surface area contributed by atoms with E-state index in [0.29, 0.717) is 6.04 Å². The zero-order valence-corrected chi connectivity index (χ0v) is 12.0. The molecule has 1 saturated carbocycles. The fraction of sp³-hybridized carbons (Fsp3) is 0.643. The molecule has 2 unspecified atom stereocenters. The van der Waals surface area contributed by atoms with Crippen molar-refractivity contribution in [1.82, 2.24) is 10.3 Å². The minimum atomic E-state index is 0.689. The van der Waals surface area contributed by atoms with E-state index in [-0.39, 0.29) is 0 Å². The number of aromatic nitrogens is 1. The number of pyridine rings is 1. The maximum absolute atomic E-state index is 4.46. The van der Waals surface area contributed by atoms with E-state index in [1.165, 1.54) is 32.1 Å². The molecule has 1 aliphatic carbocycles. The van der Waals surface area contributed by atoms with Crippen molar-refractivity contribution in [2.24, 2.45) is 5.92 Å². The summed E-state index contributed by atoms with van der Waals surface area (Å²) < 4.78 is 0.924. The Hall–Kier alpha value is -0.410. The number of nitrogens with one attached hydrogen (secondary N) is 1. The molecule has 0 bridgehead atoms. The van der Waals surface area contributed by atoms with Gasteiger partial charge in [0.15, 0.2) is 0 Å². The first-order valence-electron chi connectivity index (χ1n) is 6.64. The number of rotatable bonds is 4. The average Bonchev–Trinajstić information content (AvgIpc) is 2.37. The summed E-state index contributed by atoms with van der Waals surface area (Å²) in [5, 5.41) is 3.68. The molecule has 0 aliphatic heterocycles. The number of hydrogen-bond donors (Lipinski definition) is 1. The van der Waals surface area contributed by atoms with Gasteiger partial charge in [0, 0.05) is 12.6 Å². The molecule has 1 heterocycles. The fourth-order valence-corrected chi connectivity index (χ4v) is 3.13. The van der Waals surface area contributed by atoms with Crippen LogP contribution in [0.5, 0.6) is 0 Å². The summed E-state index contributed by atoms with van der Waals surface area (Å²) in [6.45, 7) is 3.20. The van der Waals surface area contributed by atoms with Crippen molar-refractivity contribution in [2.45, 2.75) is 51.6 Å². The van der Waals surface area contributed by atoms with Crippen LogP contribution in [-0.2, 0) is 6.54 Å². The molecule has 1 aliphatic rings. The smallest absolute Gasteiger partial charge is 0.106 e. The quantitative estimate of drug-likeness (QED) is 0.853. The molecule has 0 radical (unpaired) electrons. The molecule has 0 amide bonds. The molecule has 2 nitrogen and oxygen atoms in total. The van der Waals surface area contributed by atoms with Crippen molar-refractivity contribution in [3.63, 3.8) is 0 Å². The zero-order chi connectivity index (χ0) is 12.1. The van der Waals surface area contributed by atoms with Gasteiger partial charge in [-0.25, -0.2) is 4.98 Å². The van der Waals surface area contributed by atoms with Gasteiger partial charge in [0.1, 0.15) is 4.60 Å². The largest absolute Gasteiger partial charge is 0.308 e. The van der Waals surface area contributed by atoms with Crippen LogP contribution in [0.25, 0.3) is 0 Å². The van der Waals surface area contributed by atoms with E-state index in [1.807, 2.05) is 12.1 Å². The zero-order valence-electron chi connectivity index (χ0n) is 10.5. The molecule has 1 aromatic heterocycles. The van der Waals surface area contributed by atoms with Crippen molar-refractivity contribution in [2.75, 3.05) is 0 Å². The molecule has 1 N–H and O–H groups in total. The molecule has 3 heteroatoms. The first-order chi connectivity index (χ1) is 8.29. The van der Waals surface area contributed by atoms with Crippen LogP contribution in [0.3, 0.4) is 0 Å². The highest BCUT2D eigenvalue weighted by Crippen LogP contribution is 2.26. The Morgan fingerprint density at radius 2 is 2.18 bits per heavy atom. The van der Waals surface area contributed by atoms with E-state index in [9.17, 15) is 0 Å². The standard InChI is InChI=1S/C14H21BrN2/c1-2-11-6-3-4-8-13(11)16-10-12-7-5-9-14(15)17-12/h5,7,9,11,13,16H,2-4,6,8,10H2,1H3. The normalized spacial score (nSPS) is 24.8. The van der Waals surface area contributed by atoms with Crippen molar-refractivity contribution in [3.8, 4) is 0 Å². The van der Waals surface area contributed by atoms with Gasteiger partial charge in [0.2, 0.25) is 0 Å². The predicted octanol–water partition coefficient (Wildman–Crippen LogP) is 3.90. The van der Waals surface area contributed by atoms with Gasteiger partial charge in [-0.3, -0.25) is 0 Å².